The van der Waals surface area contributed by atoms with Gasteiger partial charge in [-0.2, -0.15) is 13.2 Å². The van der Waals surface area contributed by atoms with Crippen LogP contribution in [-0.4, -0.2) is 171 Å². The van der Waals surface area contributed by atoms with Crippen LogP contribution in [0.5, 0.6) is 0 Å². The second-order valence-corrected chi connectivity index (χ2v) is 12.5. The van der Waals surface area contributed by atoms with E-state index in [1.54, 1.807) is 25.1 Å². The Balaban J connectivity index is 1.24. The van der Waals surface area contributed by atoms with Crippen LogP contribution in [0.15, 0.2) is 60.7 Å². The smallest absolute Gasteiger partial charge is 0.416 e. The largest absolute Gasteiger partial charge is 0.460 e. The van der Waals surface area contributed by atoms with Crippen molar-refractivity contribution in [2.45, 2.75) is 13.1 Å². The Morgan fingerprint density at radius 2 is 0.836 bits per heavy atom. The molecule has 0 radical (unpaired) electrons. The minimum atomic E-state index is -4.48. The highest BCUT2D eigenvalue weighted by atomic mass is 19.4. The second-order valence-electron chi connectivity index (χ2n) is 12.5. The van der Waals surface area contributed by atoms with E-state index in [0.29, 0.717) is 150 Å². The summed E-state index contributed by atoms with van der Waals surface area (Å²) in [5.41, 5.74) is 0.246. The number of halogens is 3. The van der Waals surface area contributed by atoms with Crippen molar-refractivity contribution < 1.29 is 84.3 Å². The lowest BCUT2D eigenvalue weighted by Crippen LogP contribution is -2.16. The predicted molar refractivity (Wildman–Crippen MR) is 216 cm³/mol. The first kappa shape index (κ1) is 53.4. The third-order valence-electron chi connectivity index (χ3n) is 7.61. The SMILES string of the molecule is C=C(C)C(=O)OCCOCCOCCOCCOCCOCCOCCOCCOCCOCCOCCOCCOC(=O)c1ccccc1Nc1cccc(C(F)(F)F)c1. The average Bonchev–Trinajstić information content (AvgIpc) is 3.24. The van der Waals surface area contributed by atoms with Crippen LogP contribution >= 0.6 is 0 Å². The zero-order valence-electron chi connectivity index (χ0n) is 35.1. The maximum absolute atomic E-state index is 13.1. The minimum Gasteiger partial charge on any atom is -0.460 e. The number of hydrogen-bond acceptors (Lipinski definition) is 16. The Hall–Kier alpha value is -3.73. The lowest BCUT2D eigenvalue weighted by Gasteiger charge is -2.13. The number of benzene rings is 2. The van der Waals surface area contributed by atoms with Crippen LogP contribution in [0.3, 0.4) is 0 Å². The van der Waals surface area contributed by atoms with Crippen LogP contribution in [0.1, 0.15) is 22.8 Å². The van der Waals surface area contributed by atoms with Gasteiger partial charge in [0.15, 0.2) is 0 Å². The van der Waals surface area contributed by atoms with E-state index in [1.165, 1.54) is 18.2 Å². The first-order valence-corrected chi connectivity index (χ1v) is 20.1. The molecule has 19 heteroatoms. The molecule has 0 spiro atoms. The molecule has 61 heavy (non-hydrogen) atoms. The fraction of sp³-hybridized carbons (Fsp3) is 0.619. The van der Waals surface area contributed by atoms with Crippen molar-refractivity contribution in [3.8, 4) is 0 Å². The molecule has 0 atom stereocenters. The molecule has 0 aliphatic rings. The van der Waals surface area contributed by atoms with Gasteiger partial charge in [-0.3, -0.25) is 0 Å². The van der Waals surface area contributed by atoms with E-state index >= 15 is 0 Å². The fourth-order valence-electron chi connectivity index (χ4n) is 4.59. The van der Waals surface area contributed by atoms with E-state index in [2.05, 4.69) is 11.9 Å². The molecular formula is C42H62F3NO15. The fourth-order valence-corrected chi connectivity index (χ4v) is 4.59. The summed E-state index contributed by atoms with van der Waals surface area (Å²) in [5.74, 6) is -1.06. The lowest BCUT2D eigenvalue weighted by molar-refractivity contribution is -0.140. The van der Waals surface area contributed by atoms with Crippen LogP contribution in [-0.2, 0) is 72.6 Å². The molecule has 0 unspecified atom stereocenters. The summed E-state index contributed by atoms with van der Waals surface area (Å²) in [6, 6.07) is 11.1. The summed E-state index contributed by atoms with van der Waals surface area (Å²) in [6.45, 7) is 14.2. The number of esters is 2. The first-order chi connectivity index (χ1) is 29.7. The van der Waals surface area contributed by atoms with Gasteiger partial charge in [-0.1, -0.05) is 24.8 Å². The summed E-state index contributed by atoms with van der Waals surface area (Å²) in [6.07, 6.45) is -4.48. The summed E-state index contributed by atoms with van der Waals surface area (Å²) in [7, 11) is 0. The van der Waals surface area contributed by atoms with Gasteiger partial charge in [0, 0.05) is 11.3 Å². The van der Waals surface area contributed by atoms with Gasteiger partial charge in [-0.15, -0.1) is 0 Å². The molecule has 16 nitrogen and oxygen atoms in total. The first-order valence-electron chi connectivity index (χ1n) is 20.1. The second kappa shape index (κ2) is 35.8. The number of carbonyl (C=O) groups is 2. The Morgan fingerprint density at radius 1 is 0.492 bits per heavy atom. The zero-order chi connectivity index (χ0) is 44.1. The van der Waals surface area contributed by atoms with Crippen molar-refractivity contribution >= 4 is 23.3 Å². The van der Waals surface area contributed by atoms with E-state index in [4.69, 9.17) is 61.6 Å². The van der Waals surface area contributed by atoms with Crippen LogP contribution in [0, 0.1) is 0 Å². The number of carbonyl (C=O) groups excluding carboxylic acids is 2. The Kier molecular flexibility index (Phi) is 31.4. The number of alkyl halides is 3. The Morgan fingerprint density at radius 3 is 1.20 bits per heavy atom. The average molecular weight is 878 g/mol. The van der Waals surface area contributed by atoms with Crippen molar-refractivity contribution in [2.24, 2.45) is 0 Å². The predicted octanol–water partition coefficient (Wildman–Crippen LogP) is 4.91. The standard InChI is InChI=1S/C42H62F3NO15/c1-35(2)40(47)60-32-30-58-28-26-56-24-22-54-20-18-52-16-14-50-12-10-49-11-13-51-15-17-53-19-21-55-23-25-57-27-29-59-31-33-61-41(48)38-8-3-4-9-39(38)46-37-7-5-6-36(34-37)42(43,44)45/h3-9,34,46H,1,10-33H2,2H3. The van der Waals surface area contributed by atoms with Gasteiger partial charge in [0.1, 0.15) is 13.2 Å². The highest BCUT2D eigenvalue weighted by Gasteiger charge is 2.30. The number of ether oxygens (including phenoxy) is 13. The van der Waals surface area contributed by atoms with Gasteiger partial charge in [0.25, 0.3) is 0 Å². The lowest BCUT2D eigenvalue weighted by atomic mass is 10.1. The van der Waals surface area contributed by atoms with Crippen LogP contribution in [0.25, 0.3) is 0 Å². The molecule has 1 N–H and O–H groups in total. The van der Waals surface area contributed by atoms with Gasteiger partial charge in [-0.05, 0) is 37.3 Å². The molecule has 0 saturated heterocycles. The van der Waals surface area contributed by atoms with Crippen molar-refractivity contribution in [1.29, 1.82) is 0 Å². The quantitative estimate of drug-likeness (QED) is 0.0545. The summed E-state index contributed by atoms with van der Waals surface area (Å²) < 4.78 is 109. The van der Waals surface area contributed by atoms with E-state index in [1.807, 2.05) is 0 Å². The molecule has 0 aromatic heterocycles. The highest BCUT2D eigenvalue weighted by molar-refractivity contribution is 5.96. The van der Waals surface area contributed by atoms with Crippen molar-refractivity contribution in [3.63, 3.8) is 0 Å². The van der Waals surface area contributed by atoms with Crippen molar-refractivity contribution in [2.75, 3.05) is 164 Å². The normalized spacial score (nSPS) is 11.5. The van der Waals surface area contributed by atoms with E-state index < -0.39 is 23.7 Å². The van der Waals surface area contributed by atoms with Crippen LogP contribution < -0.4 is 5.32 Å². The summed E-state index contributed by atoms with van der Waals surface area (Å²) in [5, 5.41) is 2.86. The highest BCUT2D eigenvalue weighted by Crippen LogP contribution is 2.32. The van der Waals surface area contributed by atoms with Crippen molar-refractivity contribution in [1.82, 2.24) is 0 Å². The molecule has 0 aliphatic carbocycles. The van der Waals surface area contributed by atoms with Gasteiger partial charge in [0.05, 0.1) is 162 Å². The number of anilines is 2. The molecule has 2 aromatic carbocycles. The minimum absolute atomic E-state index is 0.00916. The molecular weight excluding hydrogens is 815 g/mol. The molecule has 2 aromatic rings. The molecule has 0 amide bonds. The van der Waals surface area contributed by atoms with Crippen LogP contribution in [0.2, 0.25) is 0 Å². The number of nitrogens with one attached hydrogen (secondary N) is 1. The molecule has 0 heterocycles. The van der Waals surface area contributed by atoms with E-state index in [9.17, 15) is 22.8 Å². The molecule has 0 aliphatic heterocycles. The van der Waals surface area contributed by atoms with E-state index in [-0.39, 0.29) is 31.1 Å². The molecule has 0 bridgehead atoms. The monoisotopic (exact) mass is 877 g/mol. The topological polar surface area (TPSA) is 166 Å². The summed E-state index contributed by atoms with van der Waals surface area (Å²) >= 11 is 0. The van der Waals surface area contributed by atoms with Crippen molar-refractivity contribution in [3.05, 3.63) is 71.8 Å². The number of hydrogen-bond donors (Lipinski definition) is 1. The molecule has 2 rings (SSSR count). The van der Waals surface area contributed by atoms with Gasteiger partial charge >= 0.3 is 18.1 Å². The summed E-state index contributed by atoms with van der Waals surface area (Å²) in [4.78, 5) is 23.8. The Labute approximate surface area is 356 Å². The van der Waals surface area contributed by atoms with Gasteiger partial charge in [-0.25, -0.2) is 9.59 Å². The third-order valence-corrected chi connectivity index (χ3v) is 7.61. The Bertz CT molecular complexity index is 1440. The number of para-hydroxylation sites is 1. The third kappa shape index (κ3) is 29.3. The zero-order valence-corrected chi connectivity index (χ0v) is 35.1. The van der Waals surface area contributed by atoms with Gasteiger partial charge < -0.3 is 66.9 Å². The van der Waals surface area contributed by atoms with E-state index in [0.717, 1.165) is 12.1 Å². The molecule has 346 valence electrons. The molecule has 0 saturated carbocycles. The molecule has 0 fully saturated rings. The van der Waals surface area contributed by atoms with Gasteiger partial charge in [0.2, 0.25) is 0 Å². The van der Waals surface area contributed by atoms with Crippen LogP contribution in [0.4, 0.5) is 24.5 Å². The number of rotatable bonds is 40. The maximum atomic E-state index is 13.1. The maximum Gasteiger partial charge on any atom is 0.416 e.